The van der Waals surface area contributed by atoms with Crippen LogP contribution in [0.4, 0.5) is 0 Å². The fourth-order valence-electron chi connectivity index (χ4n) is 4.73. The minimum Gasteiger partial charge on any atom is -0.344 e. The second-order valence-electron chi connectivity index (χ2n) is 11.9. The first-order chi connectivity index (χ1) is 21.4. The highest BCUT2D eigenvalue weighted by Crippen LogP contribution is 2.10. The number of nitrogens with two attached hydrogens (primary N) is 5. The third kappa shape index (κ3) is 17.0. The van der Waals surface area contributed by atoms with Crippen molar-refractivity contribution in [2.75, 3.05) is 39.8 Å². The summed E-state index contributed by atoms with van der Waals surface area (Å²) in [7, 11) is 1.66. The first-order valence-electron chi connectivity index (χ1n) is 16.3. The van der Waals surface area contributed by atoms with Crippen molar-refractivity contribution in [3.63, 3.8) is 0 Å². The molecule has 0 bridgehead atoms. The molecule has 0 fully saturated rings. The number of Topliss-reactive ketones (excluding diaryl/α,β-unsaturated/α-hetero) is 1. The van der Waals surface area contributed by atoms with Crippen LogP contribution in [-0.2, 0) is 24.0 Å². The van der Waals surface area contributed by atoms with Crippen LogP contribution in [-0.4, -0.2) is 99.4 Å². The molecule has 0 saturated carbocycles. The summed E-state index contributed by atoms with van der Waals surface area (Å²) in [5, 5.41) is 14.0. The quantitative estimate of drug-likeness (QED) is 0.0478. The Bertz CT molecular complexity index is 891. The fraction of sp³-hybridized carbons (Fsp3) is 0.833. The molecule has 0 aliphatic carbocycles. The molecule has 0 radical (unpaired) electrons. The SMILES string of the molecule is CNC(C[C@@H](C)CN)C(=O)NC(CCCN)C(=O)NC(CCCN)C(=O)NC(CCCN)C(=O)NC(CCCN)C(=O)C(C)C. The molecule has 6 atom stereocenters. The average molecular weight is 643 g/mol. The molecule has 0 aliphatic rings. The number of hydrogen-bond acceptors (Lipinski definition) is 11. The van der Waals surface area contributed by atoms with Crippen LogP contribution in [0.5, 0.6) is 0 Å². The summed E-state index contributed by atoms with van der Waals surface area (Å²) in [6.45, 7) is 7.08. The standard InChI is InChI=1S/C30H62N10O5/c1-19(2)26(41)21(9-5-13-31)37-27(42)22(10-6-14-32)38-28(43)23(11-7-15-33)39-29(44)24(12-8-16-34)40-30(45)25(36-4)17-20(3)18-35/h19-25,36H,5-18,31-35H2,1-4H3,(H,37,42)(H,38,43)(H,39,44)(H,40,45)/t20-,21?,22?,23?,24?,25?/m1/s1. The van der Waals surface area contributed by atoms with Gasteiger partial charge in [0.15, 0.2) is 5.78 Å². The van der Waals surface area contributed by atoms with Gasteiger partial charge in [-0.25, -0.2) is 0 Å². The van der Waals surface area contributed by atoms with Crippen molar-refractivity contribution in [1.82, 2.24) is 26.6 Å². The highest BCUT2D eigenvalue weighted by atomic mass is 16.2. The molecule has 0 aromatic carbocycles. The summed E-state index contributed by atoms with van der Waals surface area (Å²) >= 11 is 0. The van der Waals surface area contributed by atoms with Gasteiger partial charge in [0, 0.05) is 5.92 Å². The Balaban J connectivity index is 5.91. The van der Waals surface area contributed by atoms with Gasteiger partial charge >= 0.3 is 0 Å². The van der Waals surface area contributed by atoms with Gasteiger partial charge in [0.25, 0.3) is 0 Å². The normalized spacial score (nSPS) is 15.3. The topological polar surface area (TPSA) is 276 Å². The Hall–Kier alpha value is -2.69. The van der Waals surface area contributed by atoms with Crippen LogP contribution >= 0.6 is 0 Å². The summed E-state index contributed by atoms with van der Waals surface area (Å²) in [5.74, 6) is -2.37. The zero-order valence-corrected chi connectivity index (χ0v) is 27.9. The molecule has 0 rings (SSSR count). The monoisotopic (exact) mass is 642 g/mol. The first kappa shape index (κ1) is 42.3. The van der Waals surface area contributed by atoms with Gasteiger partial charge in [0.2, 0.25) is 23.6 Å². The van der Waals surface area contributed by atoms with E-state index in [0.29, 0.717) is 58.2 Å². The number of amides is 4. The number of rotatable bonds is 26. The second-order valence-corrected chi connectivity index (χ2v) is 11.9. The zero-order valence-electron chi connectivity index (χ0n) is 27.9. The molecule has 15 heteroatoms. The van der Waals surface area contributed by atoms with Gasteiger partial charge in [-0.15, -0.1) is 0 Å². The molecule has 4 amide bonds. The van der Waals surface area contributed by atoms with Crippen LogP contribution in [0, 0.1) is 11.8 Å². The first-order valence-corrected chi connectivity index (χ1v) is 16.3. The highest BCUT2D eigenvalue weighted by molar-refractivity contribution is 5.96. The molecule has 0 aromatic rings. The molecule has 0 heterocycles. The maximum atomic E-state index is 13.5. The van der Waals surface area contributed by atoms with E-state index in [4.69, 9.17) is 28.7 Å². The third-order valence-electron chi connectivity index (χ3n) is 7.62. The smallest absolute Gasteiger partial charge is 0.243 e. The lowest BCUT2D eigenvalue weighted by Gasteiger charge is -2.27. The maximum Gasteiger partial charge on any atom is 0.243 e. The van der Waals surface area contributed by atoms with Crippen molar-refractivity contribution >= 4 is 29.4 Å². The van der Waals surface area contributed by atoms with Crippen molar-refractivity contribution in [3.05, 3.63) is 0 Å². The van der Waals surface area contributed by atoms with Crippen molar-refractivity contribution in [3.8, 4) is 0 Å². The van der Waals surface area contributed by atoms with E-state index >= 15 is 0 Å². The van der Waals surface area contributed by atoms with Gasteiger partial charge in [-0.05, 0) is 103 Å². The Morgan fingerprint density at radius 1 is 0.511 bits per heavy atom. The van der Waals surface area contributed by atoms with Gasteiger partial charge in [0.1, 0.15) is 18.1 Å². The van der Waals surface area contributed by atoms with E-state index in [1.807, 2.05) is 6.92 Å². The largest absolute Gasteiger partial charge is 0.344 e. The average Bonchev–Trinajstić information content (AvgIpc) is 3.02. The van der Waals surface area contributed by atoms with Crippen LogP contribution in [0.25, 0.3) is 0 Å². The van der Waals surface area contributed by atoms with Gasteiger partial charge in [-0.1, -0.05) is 20.8 Å². The lowest BCUT2D eigenvalue weighted by Crippen LogP contribution is -2.58. The second kappa shape index (κ2) is 24.5. The fourth-order valence-corrected chi connectivity index (χ4v) is 4.73. The lowest BCUT2D eigenvalue weighted by molar-refractivity contribution is -0.135. The Morgan fingerprint density at radius 3 is 1.11 bits per heavy atom. The van der Waals surface area contributed by atoms with E-state index in [0.717, 1.165) is 0 Å². The van der Waals surface area contributed by atoms with Crippen LogP contribution in [0.3, 0.4) is 0 Å². The van der Waals surface area contributed by atoms with Crippen molar-refractivity contribution < 1.29 is 24.0 Å². The minimum absolute atomic E-state index is 0.0812. The van der Waals surface area contributed by atoms with E-state index in [1.54, 1.807) is 20.9 Å². The van der Waals surface area contributed by atoms with E-state index in [2.05, 4.69) is 26.6 Å². The molecule has 0 saturated heterocycles. The Morgan fingerprint density at radius 2 is 0.822 bits per heavy atom. The Labute approximate surface area is 269 Å². The number of hydrogen-bond donors (Lipinski definition) is 10. The molecule has 45 heavy (non-hydrogen) atoms. The third-order valence-corrected chi connectivity index (χ3v) is 7.62. The molecule has 0 spiro atoms. The molecular formula is C30H62N10O5. The van der Waals surface area contributed by atoms with Gasteiger partial charge < -0.3 is 55.3 Å². The molecule has 5 unspecified atom stereocenters. The molecule has 0 aliphatic heterocycles. The predicted octanol–water partition coefficient (Wildman–Crippen LogP) is -2.32. The number of nitrogens with one attached hydrogen (secondary N) is 5. The number of ketones is 1. The molecule has 15 nitrogen and oxygen atoms in total. The van der Waals surface area contributed by atoms with E-state index in [9.17, 15) is 24.0 Å². The van der Waals surface area contributed by atoms with Crippen LogP contribution in [0.1, 0.15) is 78.6 Å². The minimum atomic E-state index is -1.03. The zero-order chi connectivity index (χ0) is 34.4. The summed E-state index contributed by atoms with van der Waals surface area (Å²) in [4.78, 5) is 66.2. The van der Waals surface area contributed by atoms with Crippen molar-refractivity contribution in [2.45, 2.75) is 109 Å². The summed E-state index contributed by atoms with van der Waals surface area (Å²) in [5.41, 5.74) is 28.5. The van der Waals surface area contributed by atoms with Crippen molar-refractivity contribution in [2.24, 2.45) is 40.5 Å². The molecule has 0 aromatic heterocycles. The number of likely N-dealkylation sites (N-methyl/N-ethyl adjacent to an activating group) is 1. The van der Waals surface area contributed by atoms with Crippen LogP contribution in [0.15, 0.2) is 0 Å². The van der Waals surface area contributed by atoms with E-state index in [-0.39, 0.29) is 55.9 Å². The van der Waals surface area contributed by atoms with E-state index < -0.39 is 47.9 Å². The van der Waals surface area contributed by atoms with Gasteiger partial charge in [-0.2, -0.15) is 0 Å². The Kier molecular flexibility index (Phi) is 23.1. The molecule has 262 valence electrons. The predicted molar refractivity (Wildman–Crippen MR) is 176 cm³/mol. The maximum absolute atomic E-state index is 13.5. The number of carbonyl (C=O) groups excluding carboxylic acids is 5. The van der Waals surface area contributed by atoms with Crippen LogP contribution < -0.4 is 55.3 Å². The number of carbonyl (C=O) groups is 5. The van der Waals surface area contributed by atoms with Crippen molar-refractivity contribution in [1.29, 1.82) is 0 Å². The van der Waals surface area contributed by atoms with Gasteiger partial charge in [0.05, 0.1) is 12.1 Å². The van der Waals surface area contributed by atoms with Crippen LogP contribution in [0.2, 0.25) is 0 Å². The van der Waals surface area contributed by atoms with E-state index in [1.165, 1.54) is 0 Å². The summed E-state index contributed by atoms with van der Waals surface area (Å²) in [6.07, 6.45) is 3.41. The summed E-state index contributed by atoms with van der Waals surface area (Å²) < 4.78 is 0. The molecular weight excluding hydrogens is 580 g/mol. The lowest BCUT2D eigenvalue weighted by atomic mass is 9.97. The summed E-state index contributed by atoms with van der Waals surface area (Å²) in [6, 6.07) is -4.28. The molecule has 15 N–H and O–H groups in total. The van der Waals surface area contributed by atoms with Gasteiger partial charge in [-0.3, -0.25) is 24.0 Å². The highest BCUT2D eigenvalue weighted by Gasteiger charge is 2.32.